The molecule has 1 heterocycles. The van der Waals surface area contributed by atoms with E-state index in [2.05, 4.69) is 49.1 Å². The maximum absolute atomic E-state index is 4.06. The average Bonchev–Trinajstić information content (AvgIpc) is 2.33. The summed E-state index contributed by atoms with van der Waals surface area (Å²) in [4.78, 5) is 2.48. The first-order valence-corrected chi connectivity index (χ1v) is 7.01. The number of rotatable bonds is 6. The van der Waals surface area contributed by atoms with Crippen LogP contribution in [0.15, 0.2) is 23.8 Å². The Morgan fingerprint density at radius 1 is 1.56 bits per heavy atom. The van der Waals surface area contributed by atoms with Crippen LogP contribution >= 0.6 is 0 Å². The van der Waals surface area contributed by atoms with Crippen LogP contribution in [0.2, 0.25) is 0 Å². The highest BCUT2D eigenvalue weighted by Gasteiger charge is 2.28. The van der Waals surface area contributed by atoms with Crippen molar-refractivity contribution < 1.29 is 0 Å². The fraction of sp³-hybridized carbons (Fsp3) is 0.733. The van der Waals surface area contributed by atoms with Gasteiger partial charge in [0.2, 0.25) is 0 Å². The highest BCUT2D eigenvalue weighted by atomic mass is 15.2. The number of nitrogens with one attached hydrogen (secondary N) is 2. The summed E-state index contributed by atoms with van der Waals surface area (Å²) in [6.45, 7) is 11.7. The molecule has 3 nitrogen and oxygen atoms in total. The predicted molar refractivity (Wildman–Crippen MR) is 79.9 cm³/mol. The van der Waals surface area contributed by atoms with Gasteiger partial charge in [-0.05, 0) is 33.9 Å². The molecule has 0 aromatic rings. The van der Waals surface area contributed by atoms with E-state index in [1.807, 2.05) is 7.05 Å². The van der Waals surface area contributed by atoms with Crippen LogP contribution in [0.25, 0.3) is 0 Å². The minimum absolute atomic E-state index is 0.534. The van der Waals surface area contributed by atoms with Gasteiger partial charge in [-0.3, -0.25) is 0 Å². The first kappa shape index (κ1) is 15.4. The zero-order valence-corrected chi connectivity index (χ0v) is 12.4. The molecular weight excluding hydrogens is 222 g/mol. The molecule has 0 radical (unpaired) electrons. The third-order valence-electron chi connectivity index (χ3n) is 3.76. The van der Waals surface area contributed by atoms with Gasteiger partial charge in [0, 0.05) is 31.7 Å². The molecule has 1 saturated heterocycles. The Hall–Kier alpha value is -0.640. The second-order valence-electron chi connectivity index (χ2n) is 5.37. The Morgan fingerprint density at radius 2 is 2.28 bits per heavy atom. The quantitative estimate of drug-likeness (QED) is 0.705. The SMILES string of the molecule is C=C(/C=C(\C)CC1C(CNC)NCCN1C)CC. The van der Waals surface area contributed by atoms with Gasteiger partial charge < -0.3 is 15.5 Å². The lowest BCUT2D eigenvalue weighted by molar-refractivity contribution is 0.148. The van der Waals surface area contributed by atoms with Crippen molar-refractivity contribution in [3.63, 3.8) is 0 Å². The van der Waals surface area contributed by atoms with Crippen LogP contribution in [0.3, 0.4) is 0 Å². The van der Waals surface area contributed by atoms with Gasteiger partial charge in [0.05, 0.1) is 0 Å². The van der Waals surface area contributed by atoms with E-state index in [1.165, 1.54) is 11.1 Å². The third kappa shape index (κ3) is 4.56. The van der Waals surface area contributed by atoms with Crippen molar-refractivity contribution >= 4 is 0 Å². The van der Waals surface area contributed by atoms with Crippen LogP contribution in [-0.4, -0.2) is 50.7 Å². The molecule has 1 fully saturated rings. The minimum atomic E-state index is 0.534. The van der Waals surface area contributed by atoms with Crippen molar-refractivity contribution in [1.29, 1.82) is 0 Å². The summed E-state index contributed by atoms with van der Waals surface area (Å²) in [6.07, 6.45) is 4.41. The van der Waals surface area contributed by atoms with Gasteiger partial charge in [-0.25, -0.2) is 0 Å². The number of allylic oxidation sites excluding steroid dienone is 2. The highest BCUT2D eigenvalue weighted by molar-refractivity contribution is 5.20. The van der Waals surface area contributed by atoms with E-state index in [4.69, 9.17) is 0 Å². The summed E-state index contributed by atoms with van der Waals surface area (Å²) in [5.41, 5.74) is 2.66. The molecule has 18 heavy (non-hydrogen) atoms. The Bertz CT molecular complexity index is 294. The molecule has 1 rings (SSSR count). The molecule has 3 heteroatoms. The van der Waals surface area contributed by atoms with Gasteiger partial charge in [-0.2, -0.15) is 0 Å². The topological polar surface area (TPSA) is 27.3 Å². The van der Waals surface area contributed by atoms with E-state index in [0.29, 0.717) is 12.1 Å². The van der Waals surface area contributed by atoms with Gasteiger partial charge in [0.25, 0.3) is 0 Å². The van der Waals surface area contributed by atoms with E-state index < -0.39 is 0 Å². The largest absolute Gasteiger partial charge is 0.318 e. The molecule has 0 aliphatic carbocycles. The molecule has 0 aromatic carbocycles. The fourth-order valence-electron chi connectivity index (χ4n) is 2.60. The van der Waals surface area contributed by atoms with E-state index >= 15 is 0 Å². The zero-order valence-electron chi connectivity index (χ0n) is 12.4. The number of hydrogen-bond donors (Lipinski definition) is 2. The third-order valence-corrected chi connectivity index (χ3v) is 3.76. The molecule has 2 N–H and O–H groups in total. The minimum Gasteiger partial charge on any atom is -0.318 e. The fourth-order valence-corrected chi connectivity index (χ4v) is 2.60. The lowest BCUT2D eigenvalue weighted by Crippen LogP contribution is -2.59. The first-order valence-electron chi connectivity index (χ1n) is 7.01. The van der Waals surface area contributed by atoms with Crippen LogP contribution in [0, 0.1) is 0 Å². The van der Waals surface area contributed by atoms with Crippen LogP contribution in [-0.2, 0) is 0 Å². The van der Waals surface area contributed by atoms with Crippen molar-refractivity contribution in [3.05, 3.63) is 23.8 Å². The Labute approximate surface area is 112 Å². The summed E-state index contributed by atoms with van der Waals surface area (Å²) >= 11 is 0. The number of nitrogens with zero attached hydrogens (tertiary/aromatic N) is 1. The van der Waals surface area contributed by atoms with Gasteiger partial charge in [-0.1, -0.05) is 30.7 Å². The first-order chi connectivity index (χ1) is 8.58. The van der Waals surface area contributed by atoms with Crippen molar-refractivity contribution in [1.82, 2.24) is 15.5 Å². The zero-order chi connectivity index (χ0) is 13.5. The smallest absolute Gasteiger partial charge is 0.0352 e. The molecule has 0 bridgehead atoms. The molecule has 0 aromatic heterocycles. The standard InChI is InChI=1S/C15H29N3/c1-6-12(2)9-13(3)10-15-14(11-16-4)17-7-8-18(15)5/h9,14-17H,2,6-8,10-11H2,1,3-5H3/b13-9+. The number of hydrogen-bond acceptors (Lipinski definition) is 3. The molecule has 2 unspecified atom stereocenters. The highest BCUT2D eigenvalue weighted by Crippen LogP contribution is 2.17. The van der Waals surface area contributed by atoms with Crippen LogP contribution in [0.5, 0.6) is 0 Å². The normalized spacial score (nSPS) is 26.3. The van der Waals surface area contributed by atoms with Gasteiger partial charge in [0.1, 0.15) is 0 Å². The Morgan fingerprint density at radius 3 is 2.89 bits per heavy atom. The molecule has 1 aliphatic heterocycles. The predicted octanol–water partition coefficient (Wildman–Crippen LogP) is 1.78. The summed E-state index contributed by atoms with van der Waals surface area (Å²) in [7, 11) is 4.26. The molecule has 1 aliphatic rings. The van der Waals surface area contributed by atoms with Crippen molar-refractivity contribution in [3.8, 4) is 0 Å². The molecule has 0 saturated carbocycles. The summed E-state index contributed by atoms with van der Waals surface area (Å²) < 4.78 is 0. The monoisotopic (exact) mass is 251 g/mol. The van der Waals surface area contributed by atoms with Crippen molar-refractivity contribution in [2.45, 2.75) is 38.8 Å². The van der Waals surface area contributed by atoms with Crippen LogP contribution in [0.4, 0.5) is 0 Å². The molecule has 2 atom stereocenters. The van der Waals surface area contributed by atoms with Gasteiger partial charge in [-0.15, -0.1) is 0 Å². The number of piperazine rings is 1. The second-order valence-corrected chi connectivity index (χ2v) is 5.37. The lowest BCUT2D eigenvalue weighted by Gasteiger charge is -2.40. The van der Waals surface area contributed by atoms with E-state index in [9.17, 15) is 0 Å². The molecular formula is C15H29N3. The maximum atomic E-state index is 4.06. The van der Waals surface area contributed by atoms with E-state index in [0.717, 1.165) is 32.5 Å². The van der Waals surface area contributed by atoms with Crippen LogP contribution in [0.1, 0.15) is 26.7 Å². The van der Waals surface area contributed by atoms with E-state index in [-0.39, 0.29) is 0 Å². The van der Waals surface area contributed by atoms with Gasteiger partial charge >= 0.3 is 0 Å². The summed E-state index contributed by atoms with van der Waals surface area (Å²) in [5.74, 6) is 0. The van der Waals surface area contributed by atoms with Crippen molar-refractivity contribution in [2.75, 3.05) is 33.7 Å². The Kier molecular flexibility index (Phi) is 6.61. The molecule has 0 spiro atoms. The van der Waals surface area contributed by atoms with Crippen molar-refractivity contribution in [2.24, 2.45) is 0 Å². The average molecular weight is 251 g/mol. The molecule has 104 valence electrons. The summed E-state index contributed by atoms with van der Waals surface area (Å²) in [5, 5.41) is 6.91. The van der Waals surface area contributed by atoms with Gasteiger partial charge in [0.15, 0.2) is 0 Å². The lowest BCUT2D eigenvalue weighted by atomic mass is 9.95. The summed E-state index contributed by atoms with van der Waals surface area (Å²) in [6, 6.07) is 1.11. The molecule has 0 amide bonds. The van der Waals surface area contributed by atoms with E-state index in [1.54, 1.807) is 0 Å². The second kappa shape index (κ2) is 7.72. The number of likely N-dealkylation sites (N-methyl/N-ethyl adjacent to an activating group) is 2. The Balaban J connectivity index is 2.64. The van der Waals surface area contributed by atoms with Crippen LogP contribution < -0.4 is 10.6 Å². The maximum Gasteiger partial charge on any atom is 0.0352 e.